The van der Waals surface area contributed by atoms with Crippen molar-refractivity contribution < 1.29 is 5.11 Å². The van der Waals surface area contributed by atoms with Gasteiger partial charge in [-0.2, -0.15) is 5.10 Å². The van der Waals surface area contributed by atoms with Crippen LogP contribution in [0.2, 0.25) is 0 Å². The van der Waals surface area contributed by atoms with Crippen LogP contribution in [0.3, 0.4) is 0 Å². The highest BCUT2D eigenvalue weighted by Gasteiger charge is 2.19. The van der Waals surface area contributed by atoms with E-state index in [0.717, 1.165) is 52.7 Å². The van der Waals surface area contributed by atoms with E-state index in [-0.39, 0.29) is 5.75 Å². The minimum absolute atomic E-state index is 0.169. The fraction of sp³-hybridized carbons (Fsp3) is 0.300. The molecule has 1 aromatic carbocycles. The molecule has 136 valence electrons. The number of phenolic OH excluding ortho intramolecular Hbond substituents is 1. The van der Waals surface area contributed by atoms with Crippen LogP contribution in [-0.2, 0) is 7.05 Å². The summed E-state index contributed by atoms with van der Waals surface area (Å²) in [6, 6.07) is 5.93. The van der Waals surface area contributed by atoms with Crippen molar-refractivity contribution in [2.45, 2.75) is 19.3 Å². The van der Waals surface area contributed by atoms with Crippen molar-refractivity contribution in [3.05, 3.63) is 41.9 Å². The van der Waals surface area contributed by atoms with Crippen LogP contribution in [-0.4, -0.2) is 42.9 Å². The highest BCUT2D eigenvalue weighted by atomic mass is 16.3. The lowest BCUT2D eigenvalue weighted by Gasteiger charge is -2.10. The third kappa shape index (κ3) is 2.62. The number of rotatable bonds is 2. The number of nitrogens with zero attached hydrogens (tertiary/aromatic N) is 5. The number of aryl methyl sites for hydroxylation is 2. The molecular weight excluding hydrogens is 340 g/mol. The van der Waals surface area contributed by atoms with Gasteiger partial charge in [-0.1, -0.05) is 0 Å². The molecule has 0 amide bonds. The molecule has 0 unspecified atom stereocenters. The Morgan fingerprint density at radius 2 is 2.11 bits per heavy atom. The first-order valence-corrected chi connectivity index (χ1v) is 9.11. The van der Waals surface area contributed by atoms with Crippen molar-refractivity contribution in [3.63, 3.8) is 0 Å². The molecule has 4 heterocycles. The number of hydrogen-bond donors (Lipinski definition) is 2. The smallest absolute Gasteiger partial charge is 0.163 e. The number of nitrogens with one attached hydrogen (secondary N) is 1. The summed E-state index contributed by atoms with van der Waals surface area (Å²) in [6.45, 7) is 3.86. The molecular formula is C20H20N6O. The van der Waals surface area contributed by atoms with E-state index < -0.39 is 0 Å². The first-order valence-electron chi connectivity index (χ1n) is 9.11. The van der Waals surface area contributed by atoms with Crippen LogP contribution in [0.5, 0.6) is 5.75 Å². The predicted molar refractivity (Wildman–Crippen MR) is 104 cm³/mol. The zero-order chi connectivity index (χ0) is 18.5. The lowest BCUT2D eigenvalue weighted by atomic mass is 10.0. The molecule has 7 nitrogen and oxygen atoms in total. The summed E-state index contributed by atoms with van der Waals surface area (Å²) in [6.07, 6.45) is 4.78. The maximum atomic E-state index is 10.7. The Bertz CT molecular complexity index is 1180. The van der Waals surface area contributed by atoms with Crippen molar-refractivity contribution in [2.24, 2.45) is 7.05 Å². The maximum absolute atomic E-state index is 10.7. The SMILES string of the molecule is Cc1c(O)c(-c2ncc3nc([C@H]4CCNC4)ccc3n2)cc2cn(C)nc12. The van der Waals surface area contributed by atoms with E-state index in [1.54, 1.807) is 10.9 Å². The lowest BCUT2D eigenvalue weighted by Crippen LogP contribution is -2.09. The summed E-state index contributed by atoms with van der Waals surface area (Å²) >= 11 is 0. The molecule has 0 aliphatic carbocycles. The quantitative estimate of drug-likeness (QED) is 0.571. The summed E-state index contributed by atoms with van der Waals surface area (Å²) in [5.74, 6) is 1.11. The van der Waals surface area contributed by atoms with E-state index in [4.69, 9.17) is 4.98 Å². The number of aromatic nitrogens is 5. The number of benzene rings is 1. The second kappa shape index (κ2) is 5.99. The number of phenols is 1. The van der Waals surface area contributed by atoms with E-state index in [1.165, 1.54) is 0 Å². The normalized spacial score (nSPS) is 17.2. The average Bonchev–Trinajstić information content (AvgIpc) is 3.33. The Labute approximate surface area is 156 Å². The molecule has 0 spiro atoms. The molecule has 5 rings (SSSR count). The van der Waals surface area contributed by atoms with Crippen LogP contribution in [0.15, 0.2) is 30.6 Å². The monoisotopic (exact) mass is 360 g/mol. The lowest BCUT2D eigenvalue weighted by molar-refractivity contribution is 0.473. The van der Waals surface area contributed by atoms with Crippen molar-refractivity contribution in [2.75, 3.05) is 13.1 Å². The van der Waals surface area contributed by atoms with Gasteiger partial charge < -0.3 is 10.4 Å². The minimum Gasteiger partial charge on any atom is -0.507 e. The van der Waals surface area contributed by atoms with Crippen LogP contribution in [0, 0.1) is 6.92 Å². The fourth-order valence-electron chi connectivity index (χ4n) is 3.81. The number of fused-ring (bicyclic) bond motifs is 2. The van der Waals surface area contributed by atoms with E-state index >= 15 is 0 Å². The first-order chi connectivity index (χ1) is 13.1. The predicted octanol–water partition coefficient (Wildman–Crippen LogP) is 2.67. The molecule has 1 atom stereocenters. The summed E-state index contributed by atoms with van der Waals surface area (Å²) in [5.41, 5.74) is 4.77. The topological polar surface area (TPSA) is 88.8 Å². The van der Waals surface area contributed by atoms with E-state index in [0.29, 0.717) is 17.3 Å². The first kappa shape index (κ1) is 16.1. The van der Waals surface area contributed by atoms with Gasteiger partial charge in [-0.3, -0.25) is 4.68 Å². The van der Waals surface area contributed by atoms with Crippen molar-refractivity contribution >= 4 is 21.9 Å². The number of pyridine rings is 1. The number of hydrogen-bond acceptors (Lipinski definition) is 6. The molecule has 1 fully saturated rings. The van der Waals surface area contributed by atoms with Gasteiger partial charge in [0.2, 0.25) is 0 Å². The Kier molecular flexibility index (Phi) is 3.58. The molecule has 0 radical (unpaired) electrons. The standard InChI is InChI=1S/C20H20N6O/c1-11-18-13(10-26(2)25-18)7-14(19(11)27)20-22-9-17-16(24-20)4-3-15(23-17)12-5-6-21-8-12/h3-4,7,9-10,12,21,27H,5-6,8H2,1-2H3/t12-/m0/s1. The van der Waals surface area contributed by atoms with Gasteiger partial charge in [-0.25, -0.2) is 15.0 Å². The van der Waals surface area contributed by atoms with E-state index in [2.05, 4.69) is 20.4 Å². The summed E-state index contributed by atoms with van der Waals surface area (Å²) < 4.78 is 1.74. The van der Waals surface area contributed by atoms with Crippen molar-refractivity contribution in [1.29, 1.82) is 0 Å². The van der Waals surface area contributed by atoms with Gasteiger partial charge in [0.25, 0.3) is 0 Å². The molecule has 7 heteroatoms. The Balaban J connectivity index is 1.61. The molecule has 1 saturated heterocycles. The van der Waals surface area contributed by atoms with Crippen LogP contribution in [0.1, 0.15) is 23.6 Å². The molecule has 1 aliphatic heterocycles. The molecule has 27 heavy (non-hydrogen) atoms. The maximum Gasteiger partial charge on any atom is 0.163 e. The van der Waals surface area contributed by atoms with Gasteiger partial charge in [-0.15, -0.1) is 0 Å². The van der Waals surface area contributed by atoms with Gasteiger partial charge in [0.1, 0.15) is 11.3 Å². The van der Waals surface area contributed by atoms with Crippen LogP contribution < -0.4 is 5.32 Å². The summed E-state index contributed by atoms with van der Waals surface area (Å²) in [4.78, 5) is 13.9. The third-order valence-corrected chi connectivity index (χ3v) is 5.30. The van der Waals surface area contributed by atoms with Gasteiger partial charge in [0, 0.05) is 42.4 Å². The molecule has 0 saturated carbocycles. The molecule has 0 bridgehead atoms. The molecule has 2 N–H and O–H groups in total. The van der Waals surface area contributed by atoms with Crippen molar-refractivity contribution in [3.8, 4) is 17.1 Å². The van der Waals surface area contributed by atoms with Gasteiger partial charge in [0.15, 0.2) is 5.82 Å². The summed E-state index contributed by atoms with van der Waals surface area (Å²) in [5, 5.41) is 19.4. The fourth-order valence-corrected chi connectivity index (χ4v) is 3.81. The third-order valence-electron chi connectivity index (χ3n) is 5.30. The largest absolute Gasteiger partial charge is 0.507 e. The number of aromatic hydroxyl groups is 1. The van der Waals surface area contributed by atoms with E-state index in [9.17, 15) is 5.11 Å². The Morgan fingerprint density at radius 1 is 1.22 bits per heavy atom. The van der Waals surface area contributed by atoms with Crippen LogP contribution in [0.4, 0.5) is 0 Å². The van der Waals surface area contributed by atoms with Gasteiger partial charge in [-0.05, 0) is 38.1 Å². The zero-order valence-electron chi connectivity index (χ0n) is 15.3. The Hall–Kier alpha value is -3.06. The highest BCUT2D eigenvalue weighted by Crippen LogP contribution is 2.35. The van der Waals surface area contributed by atoms with Crippen LogP contribution in [0.25, 0.3) is 33.3 Å². The average molecular weight is 360 g/mol. The van der Waals surface area contributed by atoms with E-state index in [1.807, 2.05) is 38.4 Å². The van der Waals surface area contributed by atoms with Crippen molar-refractivity contribution in [1.82, 2.24) is 30.0 Å². The minimum atomic E-state index is 0.169. The van der Waals surface area contributed by atoms with Gasteiger partial charge >= 0.3 is 0 Å². The molecule has 3 aromatic heterocycles. The van der Waals surface area contributed by atoms with Crippen LogP contribution >= 0.6 is 0 Å². The zero-order valence-corrected chi connectivity index (χ0v) is 15.3. The Morgan fingerprint density at radius 3 is 2.93 bits per heavy atom. The molecule has 1 aliphatic rings. The highest BCUT2D eigenvalue weighted by molar-refractivity contribution is 5.90. The summed E-state index contributed by atoms with van der Waals surface area (Å²) in [7, 11) is 1.87. The second-order valence-corrected chi connectivity index (χ2v) is 7.16. The molecule has 4 aromatic rings. The second-order valence-electron chi connectivity index (χ2n) is 7.16. The van der Waals surface area contributed by atoms with Gasteiger partial charge in [0.05, 0.1) is 22.8 Å².